The SMILES string of the molecule is [B][SiH3].[Cr].[Cu].[Ni]. The van der Waals surface area contributed by atoms with Crippen molar-refractivity contribution in [3.63, 3.8) is 0 Å². The molecule has 5 heteroatoms. The van der Waals surface area contributed by atoms with Crippen LogP contribution in [-0.4, -0.2) is 17.6 Å². The third kappa shape index (κ3) is 25.6. The van der Waals surface area contributed by atoms with Crippen LogP contribution < -0.4 is 0 Å². The molecule has 0 saturated heterocycles. The first kappa shape index (κ1) is 29.0. The second-order valence-corrected chi connectivity index (χ2v) is 0. The maximum Gasteiger partial charge on any atom is 0.0434 e. The summed E-state index contributed by atoms with van der Waals surface area (Å²) in [6, 6.07) is 0. The van der Waals surface area contributed by atoms with Crippen LogP contribution in [0.5, 0.6) is 0 Å². The van der Waals surface area contributed by atoms with Crippen LogP contribution in [-0.2, 0) is 50.9 Å². The minimum absolute atomic E-state index is 0. The number of hydrogen-bond donors (Lipinski definition) is 0. The van der Waals surface area contributed by atoms with Gasteiger partial charge in [-0.3, -0.25) is 0 Å². The molecular weight excluding hydrogens is 213 g/mol. The van der Waals surface area contributed by atoms with Crippen LogP contribution in [0.1, 0.15) is 0 Å². The summed E-state index contributed by atoms with van der Waals surface area (Å²) in [6.07, 6.45) is 0. The van der Waals surface area contributed by atoms with Crippen molar-refractivity contribution < 1.29 is 50.9 Å². The smallest absolute Gasteiger partial charge is 0.0388 e. The van der Waals surface area contributed by atoms with Gasteiger partial charge in [0.15, 0.2) is 0 Å². The molecule has 0 aliphatic carbocycles. The molecule has 0 aromatic heterocycles. The fourth-order valence-electron chi connectivity index (χ4n) is 0. The van der Waals surface area contributed by atoms with Gasteiger partial charge in [0.2, 0.25) is 0 Å². The van der Waals surface area contributed by atoms with Gasteiger partial charge in [0.25, 0.3) is 0 Å². The van der Waals surface area contributed by atoms with Crippen LogP contribution >= 0.6 is 0 Å². The van der Waals surface area contributed by atoms with Crippen molar-refractivity contribution in [2.75, 3.05) is 0 Å². The Balaban J connectivity index is -0.00000000167. The van der Waals surface area contributed by atoms with Gasteiger partial charge < -0.3 is 0 Å². The van der Waals surface area contributed by atoms with Gasteiger partial charge in [-0.15, -0.1) is 0 Å². The van der Waals surface area contributed by atoms with Gasteiger partial charge in [-0.2, -0.15) is 0 Å². The quantitative estimate of drug-likeness (QED) is 0.429. The molecular formula is H3BCrCuNiSi. The molecule has 0 heterocycles. The van der Waals surface area contributed by atoms with Crippen LogP contribution in [0.2, 0.25) is 0 Å². The van der Waals surface area contributed by atoms with Crippen LogP contribution in [0.3, 0.4) is 0 Å². The zero-order valence-electron chi connectivity index (χ0n) is 2.60. The topological polar surface area (TPSA) is 0 Å². The minimum Gasteiger partial charge on any atom is -0.0388 e. The van der Waals surface area contributed by atoms with Crippen LogP contribution in [0.4, 0.5) is 0 Å². The second-order valence-electron chi connectivity index (χ2n) is 0. The summed E-state index contributed by atoms with van der Waals surface area (Å²) in [5, 5.41) is 0. The summed E-state index contributed by atoms with van der Waals surface area (Å²) < 4.78 is 0. The van der Waals surface area contributed by atoms with Crippen molar-refractivity contribution in [3.8, 4) is 0 Å². The maximum absolute atomic E-state index is 4.64. The van der Waals surface area contributed by atoms with E-state index in [2.05, 4.69) is 7.44 Å². The Morgan fingerprint density at radius 2 is 1.20 bits per heavy atom. The van der Waals surface area contributed by atoms with E-state index in [1.165, 1.54) is 0 Å². The normalized spacial score (nSPS) is 1.60. The fraction of sp³-hybridized carbons (Fsp3) is 0. The summed E-state index contributed by atoms with van der Waals surface area (Å²) in [5.41, 5.74) is 0. The van der Waals surface area contributed by atoms with E-state index in [9.17, 15) is 0 Å². The molecule has 0 rings (SSSR count). The number of hydrogen-bond acceptors (Lipinski definition) is 0. The third-order valence-corrected chi connectivity index (χ3v) is 0. The second kappa shape index (κ2) is 40.7. The molecule has 0 amide bonds. The minimum atomic E-state index is 0. The van der Waals surface area contributed by atoms with Crippen molar-refractivity contribution in [1.82, 2.24) is 0 Å². The first-order chi connectivity index (χ1) is 1.00. The Morgan fingerprint density at radius 3 is 1.20 bits per heavy atom. The Bertz CT molecular complexity index is 11.6. The van der Waals surface area contributed by atoms with Crippen molar-refractivity contribution in [1.29, 1.82) is 0 Å². The van der Waals surface area contributed by atoms with Crippen LogP contribution in [0, 0.1) is 0 Å². The van der Waals surface area contributed by atoms with E-state index in [1.54, 1.807) is 0 Å². The zero-order chi connectivity index (χ0) is 2.00. The average Bonchev–Trinajstić information content (AvgIpc) is 1.00. The van der Waals surface area contributed by atoms with Crippen molar-refractivity contribution in [3.05, 3.63) is 0 Å². The molecule has 3 radical (unpaired) electrons. The van der Waals surface area contributed by atoms with E-state index in [1.807, 2.05) is 0 Å². The molecule has 0 unspecified atom stereocenters. The summed E-state index contributed by atoms with van der Waals surface area (Å²) in [4.78, 5) is 0. The predicted octanol–water partition coefficient (Wildman–Crippen LogP) is -1.57. The maximum atomic E-state index is 4.64. The van der Waals surface area contributed by atoms with Gasteiger partial charge in [0, 0.05) is 58.4 Å². The van der Waals surface area contributed by atoms with Gasteiger partial charge in [-0.25, -0.2) is 0 Å². The summed E-state index contributed by atoms with van der Waals surface area (Å²) in [6.45, 7) is 0. The molecule has 0 spiro atoms. The molecule has 0 nitrogen and oxygen atoms in total. The summed E-state index contributed by atoms with van der Waals surface area (Å²) in [5.74, 6) is 0. The van der Waals surface area contributed by atoms with Crippen molar-refractivity contribution in [2.45, 2.75) is 0 Å². The molecule has 0 saturated carbocycles. The first-order valence-corrected chi connectivity index (χ1v) is 1.73. The van der Waals surface area contributed by atoms with Crippen LogP contribution in [0.25, 0.3) is 0 Å². The summed E-state index contributed by atoms with van der Waals surface area (Å²) in [7, 11) is 5.44. The standard InChI is InChI=1S/BH3Si.Cr.Cu.Ni/c1-2;;;/h2H3;;;. The van der Waals surface area contributed by atoms with Crippen molar-refractivity contribution in [2.24, 2.45) is 0 Å². The molecule has 0 aromatic rings. The van der Waals surface area contributed by atoms with E-state index in [0.29, 0.717) is 0 Å². The fourth-order valence-corrected chi connectivity index (χ4v) is 0. The first-order valence-electron chi connectivity index (χ1n) is 0.577. The van der Waals surface area contributed by atoms with Gasteiger partial charge >= 0.3 is 0 Å². The largest absolute Gasteiger partial charge is 0.0434 e. The van der Waals surface area contributed by atoms with Gasteiger partial charge in [-0.05, 0) is 10.1 Å². The molecule has 0 bridgehead atoms. The van der Waals surface area contributed by atoms with Gasteiger partial charge in [0.05, 0.1) is 0 Å². The molecule has 0 aliphatic rings. The van der Waals surface area contributed by atoms with E-state index < -0.39 is 0 Å². The molecule has 0 fully saturated rings. The molecule has 0 aliphatic heterocycles. The Labute approximate surface area is 68.2 Å². The number of rotatable bonds is 0. The molecule has 0 aromatic carbocycles. The van der Waals surface area contributed by atoms with Gasteiger partial charge in [0.1, 0.15) is 0 Å². The Kier molecular flexibility index (Phi) is 236. The third-order valence-electron chi connectivity index (χ3n) is 0. The molecule has 0 atom stereocenters. The van der Waals surface area contributed by atoms with Crippen LogP contribution in [0.15, 0.2) is 0 Å². The molecule has 0 N–H and O–H groups in total. The molecule has 37 valence electrons. The summed E-state index contributed by atoms with van der Waals surface area (Å²) >= 11 is 0. The van der Waals surface area contributed by atoms with Crippen molar-refractivity contribution >= 4 is 17.6 Å². The van der Waals surface area contributed by atoms with E-state index >= 15 is 0 Å². The Morgan fingerprint density at radius 1 is 1.20 bits per heavy atom. The molecule has 5 heavy (non-hydrogen) atoms. The van der Waals surface area contributed by atoms with E-state index in [0.717, 1.165) is 10.1 Å². The Hall–Kier alpha value is 1.83. The monoisotopic (exact) mass is 215 g/mol. The van der Waals surface area contributed by atoms with E-state index in [4.69, 9.17) is 0 Å². The predicted molar refractivity (Wildman–Crippen MR) is 15.7 cm³/mol. The van der Waals surface area contributed by atoms with E-state index in [-0.39, 0.29) is 50.9 Å². The van der Waals surface area contributed by atoms with Gasteiger partial charge in [-0.1, -0.05) is 0 Å². The zero-order valence-corrected chi connectivity index (χ0v) is 7.81. The average molecular weight is 216 g/mol.